The lowest BCUT2D eigenvalue weighted by atomic mass is 10.1. The van der Waals surface area contributed by atoms with Crippen LogP contribution in [-0.4, -0.2) is 19.2 Å². The summed E-state index contributed by atoms with van der Waals surface area (Å²) in [6.45, 7) is 0.497. The van der Waals surface area contributed by atoms with E-state index in [0.29, 0.717) is 29.3 Å². The topological polar surface area (TPSA) is 97.4 Å². The van der Waals surface area contributed by atoms with Crippen molar-refractivity contribution in [3.8, 4) is 11.3 Å². The SMILES string of the molecule is NC1=NCc2ccc(-c3ccc(S(=O)(=O)Nc4cccc(Cl)c4Cl)cc3Cl)nc21. The van der Waals surface area contributed by atoms with E-state index in [-0.39, 0.29) is 25.7 Å². The number of pyridine rings is 1. The van der Waals surface area contributed by atoms with Gasteiger partial charge in [-0.2, -0.15) is 0 Å². The standard InChI is InChI=1S/C19H13Cl3N4O2S/c20-13-2-1-3-16(17(13)22)26-29(27,28)11-5-6-12(14(21)8-11)15-7-4-10-9-24-19(23)18(10)25-15/h1-8,26H,9H2,(H2,23,24). The van der Waals surface area contributed by atoms with Gasteiger partial charge in [0.05, 0.1) is 37.9 Å². The molecule has 0 bridgehead atoms. The summed E-state index contributed by atoms with van der Waals surface area (Å²) in [7, 11) is -3.93. The molecule has 0 aliphatic carbocycles. The molecule has 0 radical (unpaired) electrons. The Bertz CT molecular complexity index is 1280. The number of aromatic nitrogens is 1. The number of sulfonamides is 1. The second-order valence-electron chi connectivity index (χ2n) is 6.25. The first-order valence-corrected chi connectivity index (χ1v) is 10.9. The minimum atomic E-state index is -3.93. The quantitative estimate of drug-likeness (QED) is 0.579. The Morgan fingerprint density at radius 1 is 1.00 bits per heavy atom. The van der Waals surface area contributed by atoms with Crippen LogP contribution in [-0.2, 0) is 16.6 Å². The van der Waals surface area contributed by atoms with Crippen molar-refractivity contribution in [1.29, 1.82) is 0 Å². The summed E-state index contributed by atoms with van der Waals surface area (Å²) in [6.07, 6.45) is 0. The summed E-state index contributed by atoms with van der Waals surface area (Å²) >= 11 is 18.4. The Morgan fingerprint density at radius 3 is 2.55 bits per heavy atom. The van der Waals surface area contributed by atoms with E-state index in [1.54, 1.807) is 24.3 Å². The molecule has 10 heteroatoms. The molecule has 148 valence electrons. The number of nitrogens with zero attached hydrogens (tertiary/aromatic N) is 2. The highest BCUT2D eigenvalue weighted by Crippen LogP contribution is 2.33. The molecule has 2 heterocycles. The zero-order chi connectivity index (χ0) is 20.8. The fraction of sp³-hybridized carbons (Fsp3) is 0.0526. The molecule has 0 unspecified atom stereocenters. The van der Waals surface area contributed by atoms with Crippen molar-refractivity contribution in [2.24, 2.45) is 10.7 Å². The summed E-state index contributed by atoms with van der Waals surface area (Å²) in [4.78, 5) is 8.64. The molecule has 3 aromatic rings. The highest BCUT2D eigenvalue weighted by molar-refractivity contribution is 7.92. The zero-order valence-corrected chi connectivity index (χ0v) is 17.7. The first kappa shape index (κ1) is 20.0. The molecule has 2 aromatic carbocycles. The number of rotatable bonds is 4. The number of hydrogen-bond donors (Lipinski definition) is 2. The van der Waals surface area contributed by atoms with Gasteiger partial charge >= 0.3 is 0 Å². The number of nitrogens with one attached hydrogen (secondary N) is 1. The lowest BCUT2D eigenvalue weighted by molar-refractivity contribution is 0.601. The Kier molecular flexibility index (Phi) is 5.16. The molecule has 1 aliphatic heterocycles. The van der Waals surface area contributed by atoms with Crippen molar-refractivity contribution >= 4 is 56.3 Å². The van der Waals surface area contributed by atoms with Gasteiger partial charge in [0.1, 0.15) is 11.5 Å². The number of fused-ring (bicyclic) bond motifs is 1. The molecular weight excluding hydrogens is 455 g/mol. The van der Waals surface area contributed by atoms with Gasteiger partial charge in [0.25, 0.3) is 10.0 Å². The van der Waals surface area contributed by atoms with Crippen LogP contribution in [0.15, 0.2) is 58.4 Å². The van der Waals surface area contributed by atoms with Crippen molar-refractivity contribution < 1.29 is 8.42 Å². The lowest BCUT2D eigenvalue weighted by Gasteiger charge is -2.12. The maximum absolute atomic E-state index is 12.7. The Labute approximate surface area is 182 Å². The van der Waals surface area contributed by atoms with Gasteiger partial charge in [-0.15, -0.1) is 0 Å². The van der Waals surface area contributed by atoms with Crippen molar-refractivity contribution in [2.75, 3.05) is 4.72 Å². The number of benzene rings is 2. The van der Waals surface area contributed by atoms with Crippen molar-refractivity contribution in [1.82, 2.24) is 4.98 Å². The van der Waals surface area contributed by atoms with Crippen LogP contribution in [0.5, 0.6) is 0 Å². The van der Waals surface area contributed by atoms with Gasteiger partial charge in [0.2, 0.25) is 0 Å². The molecule has 1 aliphatic rings. The predicted octanol–water partition coefficient (Wildman–Crippen LogP) is 4.73. The van der Waals surface area contributed by atoms with Gasteiger partial charge in [0, 0.05) is 11.1 Å². The molecule has 4 rings (SSSR count). The van der Waals surface area contributed by atoms with Gasteiger partial charge in [-0.3, -0.25) is 9.71 Å². The number of halogens is 3. The summed E-state index contributed by atoms with van der Waals surface area (Å²) in [6, 6.07) is 12.7. The van der Waals surface area contributed by atoms with Gasteiger partial charge < -0.3 is 5.73 Å². The van der Waals surface area contributed by atoms with Crippen LogP contribution < -0.4 is 10.5 Å². The molecular formula is C19H13Cl3N4O2S. The summed E-state index contributed by atoms with van der Waals surface area (Å²) < 4.78 is 27.9. The molecule has 0 fully saturated rings. The van der Waals surface area contributed by atoms with Gasteiger partial charge in [0.15, 0.2) is 0 Å². The van der Waals surface area contributed by atoms with Crippen LogP contribution >= 0.6 is 34.8 Å². The van der Waals surface area contributed by atoms with E-state index in [0.717, 1.165) is 5.56 Å². The molecule has 0 spiro atoms. The second-order valence-corrected chi connectivity index (χ2v) is 9.13. The Morgan fingerprint density at radius 2 is 1.79 bits per heavy atom. The first-order valence-electron chi connectivity index (χ1n) is 8.33. The predicted molar refractivity (Wildman–Crippen MR) is 116 cm³/mol. The van der Waals surface area contributed by atoms with Crippen LogP contribution in [0.2, 0.25) is 15.1 Å². The maximum atomic E-state index is 12.7. The third-order valence-electron chi connectivity index (χ3n) is 4.36. The van der Waals surface area contributed by atoms with Gasteiger partial charge in [-0.05, 0) is 36.4 Å². The Balaban J connectivity index is 1.68. The van der Waals surface area contributed by atoms with E-state index >= 15 is 0 Å². The third-order valence-corrected chi connectivity index (χ3v) is 6.86. The molecule has 0 saturated heterocycles. The molecule has 29 heavy (non-hydrogen) atoms. The maximum Gasteiger partial charge on any atom is 0.261 e. The fourth-order valence-corrected chi connectivity index (χ4v) is 4.73. The van der Waals surface area contributed by atoms with Gasteiger partial charge in [-0.1, -0.05) is 46.9 Å². The molecule has 0 atom stereocenters. The van der Waals surface area contributed by atoms with Crippen LogP contribution in [0.1, 0.15) is 11.3 Å². The van der Waals surface area contributed by atoms with Crippen molar-refractivity contribution in [2.45, 2.75) is 11.4 Å². The van der Waals surface area contributed by atoms with Crippen LogP contribution in [0.3, 0.4) is 0 Å². The summed E-state index contributed by atoms with van der Waals surface area (Å²) in [5.41, 5.74) is 8.73. The first-order chi connectivity index (χ1) is 13.8. The molecule has 6 nitrogen and oxygen atoms in total. The second kappa shape index (κ2) is 7.50. The minimum Gasteiger partial charge on any atom is -0.382 e. The smallest absolute Gasteiger partial charge is 0.261 e. The number of aliphatic imine (C=N–C) groups is 1. The summed E-state index contributed by atoms with van der Waals surface area (Å²) in [5, 5.41) is 0.582. The molecule has 0 amide bonds. The molecule has 1 aromatic heterocycles. The zero-order valence-electron chi connectivity index (χ0n) is 14.7. The lowest BCUT2D eigenvalue weighted by Crippen LogP contribution is -2.14. The van der Waals surface area contributed by atoms with Gasteiger partial charge in [-0.25, -0.2) is 13.4 Å². The highest BCUT2D eigenvalue weighted by atomic mass is 35.5. The van der Waals surface area contributed by atoms with E-state index in [2.05, 4.69) is 14.7 Å². The number of anilines is 1. The summed E-state index contributed by atoms with van der Waals surface area (Å²) in [5.74, 6) is 0.375. The van der Waals surface area contributed by atoms with E-state index in [1.807, 2.05) is 6.07 Å². The van der Waals surface area contributed by atoms with Crippen LogP contribution in [0, 0.1) is 0 Å². The number of amidine groups is 1. The molecule has 0 saturated carbocycles. The van der Waals surface area contributed by atoms with E-state index in [4.69, 9.17) is 40.5 Å². The van der Waals surface area contributed by atoms with E-state index < -0.39 is 10.0 Å². The van der Waals surface area contributed by atoms with Crippen LogP contribution in [0.25, 0.3) is 11.3 Å². The third kappa shape index (κ3) is 3.79. The largest absolute Gasteiger partial charge is 0.382 e. The Hall–Kier alpha value is -2.32. The monoisotopic (exact) mass is 466 g/mol. The number of nitrogens with two attached hydrogens (primary N) is 1. The fourth-order valence-electron chi connectivity index (χ4n) is 2.89. The normalized spacial score (nSPS) is 13.1. The minimum absolute atomic E-state index is 0.0236. The highest BCUT2D eigenvalue weighted by Gasteiger charge is 2.20. The average Bonchev–Trinajstić information content (AvgIpc) is 3.05. The van der Waals surface area contributed by atoms with E-state index in [9.17, 15) is 8.42 Å². The average molecular weight is 468 g/mol. The number of hydrogen-bond acceptors (Lipinski definition) is 5. The van der Waals surface area contributed by atoms with Crippen LogP contribution in [0.4, 0.5) is 5.69 Å². The van der Waals surface area contributed by atoms with Crippen molar-refractivity contribution in [3.05, 3.63) is 74.9 Å². The van der Waals surface area contributed by atoms with E-state index in [1.165, 1.54) is 18.2 Å². The molecule has 3 N–H and O–H groups in total. The van der Waals surface area contributed by atoms with Crippen molar-refractivity contribution in [3.63, 3.8) is 0 Å².